The number of rotatable bonds is 3. The van der Waals surface area contributed by atoms with E-state index in [1.54, 1.807) is 4.57 Å². The lowest BCUT2D eigenvalue weighted by molar-refractivity contribution is -0.119. The Balaban J connectivity index is 1.35. The molecule has 2 aromatic carbocycles. The predicted molar refractivity (Wildman–Crippen MR) is 120 cm³/mol. The van der Waals surface area contributed by atoms with Crippen molar-refractivity contribution in [2.24, 2.45) is 5.92 Å². The van der Waals surface area contributed by atoms with Crippen LogP contribution in [0.2, 0.25) is 0 Å². The van der Waals surface area contributed by atoms with Crippen molar-refractivity contribution in [3.05, 3.63) is 75.2 Å². The highest BCUT2D eigenvalue weighted by Crippen LogP contribution is 2.37. The Morgan fingerprint density at radius 3 is 2.83 bits per heavy atom. The molecule has 5 rings (SSSR count). The smallest absolute Gasteiger partial charge is 0.257 e. The lowest BCUT2D eigenvalue weighted by Gasteiger charge is -2.25. The van der Waals surface area contributed by atoms with Gasteiger partial charge in [0.05, 0.1) is 5.92 Å². The summed E-state index contributed by atoms with van der Waals surface area (Å²) in [6.45, 7) is 4.22. The normalized spacial score (nSPS) is 16.5. The first-order chi connectivity index (χ1) is 14.5. The fourth-order valence-electron chi connectivity index (χ4n) is 4.43. The number of carbonyl (C=O) groups excluding carboxylic acids is 1. The van der Waals surface area contributed by atoms with Crippen molar-refractivity contribution < 1.29 is 4.79 Å². The molecule has 1 aliphatic carbocycles. The molecule has 1 atom stereocenters. The highest BCUT2D eigenvalue weighted by atomic mass is 32.2. The van der Waals surface area contributed by atoms with Crippen molar-refractivity contribution in [2.45, 2.75) is 38.4 Å². The van der Waals surface area contributed by atoms with Gasteiger partial charge in [-0.3, -0.25) is 14.2 Å². The number of thioether (sulfide) groups is 1. The third-order valence-electron chi connectivity index (χ3n) is 6.04. The van der Waals surface area contributed by atoms with E-state index in [0.717, 1.165) is 23.4 Å². The van der Waals surface area contributed by atoms with E-state index in [4.69, 9.17) is 0 Å². The Kier molecular flexibility index (Phi) is 4.74. The van der Waals surface area contributed by atoms with Crippen LogP contribution >= 0.6 is 11.8 Å². The molecule has 1 N–H and O–H groups in total. The lowest BCUT2D eigenvalue weighted by Crippen LogP contribution is -2.38. The van der Waals surface area contributed by atoms with Crippen LogP contribution in [0.1, 0.15) is 29.3 Å². The monoisotopic (exact) mass is 417 g/mol. The van der Waals surface area contributed by atoms with Crippen LogP contribution in [0.25, 0.3) is 11.1 Å². The minimum atomic E-state index is -0.264. The number of benzene rings is 2. The molecule has 3 aromatic rings. The van der Waals surface area contributed by atoms with Crippen LogP contribution in [-0.4, -0.2) is 21.2 Å². The molecule has 0 saturated heterocycles. The van der Waals surface area contributed by atoms with Gasteiger partial charge in [0.15, 0.2) is 5.16 Å². The third-order valence-corrected chi connectivity index (χ3v) is 7.18. The van der Waals surface area contributed by atoms with Gasteiger partial charge in [-0.25, -0.2) is 4.98 Å². The van der Waals surface area contributed by atoms with Gasteiger partial charge in [0.25, 0.3) is 5.56 Å². The van der Waals surface area contributed by atoms with Crippen molar-refractivity contribution in [1.82, 2.24) is 9.55 Å². The van der Waals surface area contributed by atoms with E-state index in [1.807, 2.05) is 19.9 Å². The van der Waals surface area contributed by atoms with Gasteiger partial charge >= 0.3 is 0 Å². The fourth-order valence-corrected chi connectivity index (χ4v) is 5.55. The first-order valence-electron chi connectivity index (χ1n) is 10.3. The summed E-state index contributed by atoms with van der Waals surface area (Å²) in [5.74, 6) is 0.313. The maximum absolute atomic E-state index is 13.0. The Morgan fingerprint density at radius 1 is 1.20 bits per heavy atom. The predicted octanol–water partition coefficient (Wildman–Crippen LogP) is 4.05. The molecule has 6 heteroatoms. The lowest BCUT2D eigenvalue weighted by atomic mass is 10.1. The number of carbonyl (C=O) groups is 1. The summed E-state index contributed by atoms with van der Waals surface area (Å²) >= 11 is 1.49. The fraction of sp³-hybridized carbons (Fsp3) is 0.292. The summed E-state index contributed by atoms with van der Waals surface area (Å²) in [5, 5.41) is 3.79. The van der Waals surface area contributed by atoms with Crippen LogP contribution in [-0.2, 0) is 24.2 Å². The van der Waals surface area contributed by atoms with Gasteiger partial charge in [-0.15, -0.1) is 0 Å². The molecular weight excluding hydrogens is 394 g/mol. The van der Waals surface area contributed by atoms with Crippen molar-refractivity contribution in [3.8, 4) is 11.1 Å². The van der Waals surface area contributed by atoms with Gasteiger partial charge in [-0.1, -0.05) is 49.0 Å². The average molecular weight is 418 g/mol. The first-order valence-corrected chi connectivity index (χ1v) is 11.3. The molecular formula is C24H23N3O2S. The van der Waals surface area contributed by atoms with Crippen LogP contribution < -0.4 is 10.9 Å². The molecule has 1 amide bonds. The summed E-state index contributed by atoms with van der Waals surface area (Å²) in [6, 6.07) is 14.6. The second-order valence-corrected chi connectivity index (χ2v) is 8.92. The molecule has 30 heavy (non-hydrogen) atoms. The van der Waals surface area contributed by atoms with Crippen LogP contribution in [0.15, 0.2) is 52.4 Å². The maximum atomic E-state index is 13.0. The first kappa shape index (κ1) is 19.1. The summed E-state index contributed by atoms with van der Waals surface area (Å²) < 4.78 is 1.67. The molecule has 0 fully saturated rings. The van der Waals surface area contributed by atoms with E-state index >= 15 is 0 Å². The van der Waals surface area contributed by atoms with Gasteiger partial charge in [-0.05, 0) is 54.2 Å². The molecule has 1 aliphatic heterocycles. The zero-order valence-corrected chi connectivity index (χ0v) is 17.9. The highest BCUT2D eigenvalue weighted by Gasteiger charge is 2.28. The average Bonchev–Trinajstić information content (AvgIpc) is 3.11. The van der Waals surface area contributed by atoms with Crippen LogP contribution in [0.3, 0.4) is 0 Å². The van der Waals surface area contributed by atoms with Crippen molar-refractivity contribution in [1.29, 1.82) is 0 Å². The molecule has 0 radical (unpaired) electrons. The number of aryl methyl sites for hydroxylation is 1. The SMILES string of the molecule is CCc1c(C)nc2n(c1=O)C[C@@H](C(=O)Nc1ccc3c(c1)Cc1ccccc1-3)CS2. The number of hydrogen-bond donors (Lipinski definition) is 1. The molecule has 152 valence electrons. The number of nitrogens with zero attached hydrogens (tertiary/aromatic N) is 2. The van der Waals surface area contributed by atoms with Crippen LogP contribution in [0.5, 0.6) is 0 Å². The number of anilines is 1. The van der Waals surface area contributed by atoms with Crippen molar-refractivity contribution in [2.75, 3.05) is 11.1 Å². The molecule has 1 aromatic heterocycles. The van der Waals surface area contributed by atoms with Gasteiger partial charge in [0, 0.05) is 29.2 Å². The van der Waals surface area contributed by atoms with Crippen molar-refractivity contribution in [3.63, 3.8) is 0 Å². The summed E-state index contributed by atoms with van der Waals surface area (Å²) in [5.41, 5.74) is 7.41. The largest absolute Gasteiger partial charge is 0.326 e. The number of hydrogen-bond acceptors (Lipinski definition) is 4. The Morgan fingerprint density at radius 2 is 2.00 bits per heavy atom. The Hall–Kier alpha value is -2.86. The van der Waals surface area contributed by atoms with Crippen LogP contribution in [0, 0.1) is 12.8 Å². The van der Waals surface area contributed by atoms with Gasteiger partial charge < -0.3 is 5.32 Å². The number of amides is 1. The molecule has 0 saturated carbocycles. The van der Waals surface area contributed by atoms with E-state index in [-0.39, 0.29) is 17.4 Å². The molecule has 2 aliphatic rings. The Labute approximate surface area is 179 Å². The van der Waals surface area contributed by atoms with E-state index in [1.165, 1.54) is 34.0 Å². The van der Waals surface area contributed by atoms with Gasteiger partial charge in [0.1, 0.15) is 0 Å². The van der Waals surface area contributed by atoms with E-state index in [0.29, 0.717) is 23.9 Å². The minimum absolute atomic E-state index is 0.0136. The standard InChI is InChI=1S/C24H23N3O2S/c1-3-19-14(2)25-24-27(23(19)29)12-17(13-30-24)22(28)26-18-8-9-21-16(11-18)10-15-6-4-5-7-20(15)21/h4-9,11,17H,3,10,12-13H2,1-2H3,(H,26,28)/t17-/m1/s1. The van der Waals surface area contributed by atoms with E-state index in [9.17, 15) is 9.59 Å². The molecule has 5 nitrogen and oxygen atoms in total. The van der Waals surface area contributed by atoms with Gasteiger partial charge in [0.2, 0.25) is 5.91 Å². The van der Waals surface area contributed by atoms with E-state index in [2.05, 4.69) is 46.7 Å². The maximum Gasteiger partial charge on any atom is 0.257 e. The second-order valence-electron chi connectivity index (χ2n) is 7.93. The summed E-state index contributed by atoms with van der Waals surface area (Å²) in [4.78, 5) is 30.4. The van der Waals surface area contributed by atoms with E-state index < -0.39 is 0 Å². The van der Waals surface area contributed by atoms with Crippen molar-refractivity contribution >= 4 is 23.4 Å². The Bertz CT molecular complexity index is 1230. The summed E-state index contributed by atoms with van der Waals surface area (Å²) in [7, 11) is 0. The topological polar surface area (TPSA) is 64.0 Å². The molecule has 2 heterocycles. The number of nitrogens with one attached hydrogen (secondary N) is 1. The highest BCUT2D eigenvalue weighted by molar-refractivity contribution is 7.99. The van der Waals surface area contributed by atoms with Crippen LogP contribution in [0.4, 0.5) is 5.69 Å². The quantitative estimate of drug-likeness (QED) is 0.511. The second kappa shape index (κ2) is 7.43. The third kappa shape index (κ3) is 3.16. The molecule has 0 bridgehead atoms. The number of aromatic nitrogens is 2. The summed E-state index contributed by atoms with van der Waals surface area (Å²) in [6.07, 6.45) is 1.54. The minimum Gasteiger partial charge on any atom is -0.326 e. The van der Waals surface area contributed by atoms with Gasteiger partial charge in [-0.2, -0.15) is 0 Å². The zero-order valence-electron chi connectivity index (χ0n) is 17.1. The molecule has 0 unspecified atom stereocenters. The zero-order chi connectivity index (χ0) is 20.8. The number of fused-ring (bicyclic) bond motifs is 4. The molecule has 0 spiro atoms.